The molecule has 1 aromatic rings. The molecule has 0 saturated heterocycles. The Labute approximate surface area is 102 Å². The van der Waals surface area contributed by atoms with E-state index in [1.54, 1.807) is 12.1 Å². The Hall–Kier alpha value is -0.435. The van der Waals surface area contributed by atoms with E-state index >= 15 is 0 Å². The Balaban J connectivity index is 2.48. The number of rotatable bonds is 4. The maximum atomic E-state index is 11.9. The third-order valence-corrected chi connectivity index (χ3v) is 3.16. The second-order valence-corrected chi connectivity index (χ2v) is 4.80. The topological polar surface area (TPSA) is 29.5 Å². The zero-order chi connectivity index (χ0) is 12.2. The number of hydrogen-bond acceptors (Lipinski definition) is 2. The van der Waals surface area contributed by atoms with Gasteiger partial charge in [0.1, 0.15) is 0 Å². The van der Waals surface area contributed by atoms with Crippen LogP contribution in [0, 0.1) is 3.57 Å². The van der Waals surface area contributed by atoms with E-state index in [0.717, 1.165) is 3.57 Å². The number of hydrogen-bond donors (Lipinski definition) is 1. The van der Waals surface area contributed by atoms with E-state index in [0.29, 0.717) is 0 Å². The summed E-state index contributed by atoms with van der Waals surface area (Å²) in [5, 5.41) is 8.68. The summed E-state index contributed by atoms with van der Waals surface area (Å²) >= 11 is -0.530. The molecule has 0 saturated carbocycles. The molecule has 1 rings (SSSR count). The van der Waals surface area contributed by atoms with E-state index in [2.05, 4.69) is 0 Å². The first kappa shape index (κ1) is 13.6. The molecule has 0 bridgehead atoms. The third-order valence-electron chi connectivity index (χ3n) is 1.73. The minimum atomic E-state index is -4.65. The van der Waals surface area contributed by atoms with Gasteiger partial charge in [-0.15, -0.1) is 0 Å². The van der Waals surface area contributed by atoms with E-state index in [4.69, 9.17) is 15.5 Å². The first-order chi connectivity index (χ1) is 7.43. The second-order valence-electron chi connectivity index (χ2n) is 2.93. The summed E-state index contributed by atoms with van der Waals surface area (Å²) in [6, 6.07) is 6.46. The molecule has 2 nitrogen and oxygen atoms in total. The first-order valence-corrected chi connectivity index (χ1v) is 6.57. The minimum absolute atomic E-state index is 0.282. The summed E-state index contributed by atoms with van der Waals surface area (Å²) in [5.74, 6) is 0.282. The van der Waals surface area contributed by atoms with Crippen LogP contribution in [0.15, 0.2) is 24.3 Å². The Kier molecular flexibility index (Phi) is 4.91. The average Bonchev–Trinajstić information content (AvgIpc) is 2.25. The van der Waals surface area contributed by atoms with Crippen molar-refractivity contribution >= 4 is 5.70 Å². The SMILES string of the molecule is [B][I-]c1ccc(OCC(O)C(F)(F)F)cc1. The Morgan fingerprint density at radius 3 is 2.31 bits per heavy atom. The average molecular weight is 343 g/mol. The molecule has 1 atom stereocenters. The van der Waals surface area contributed by atoms with Gasteiger partial charge in [0, 0.05) is 0 Å². The van der Waals surface area contributed by atoms with Crippen LogP contribution in [0.2, 0.25) is 0 Å². The fraction of sp³-hybridized carbons (Fsp3) is 0.333. The fourth-order valence-corrected chi connectivity index (χ4v) is 1.65. The van der Waals surface area contributed by atoms with Crippen LogP contribution in [0.5, 0.6) is 5.75 Å². The summed E-state index contributed by atoms with van der Waals surface area (Å²) in [7, 11) is 0. The number of alkyl halides is 3. The zero-order valence-electron chi connectivity index (χ0n) is 8.04. The van der Waals surface area contributed by atoms with Crippen molar-refractivity contribution in [1.29, 1.82) is 0 Å². The van der Waals surface area contributed by atoms with Crippen LogP contribution >= 0.6 is 0 Å². The number of benzene rings is 1. The van der Waals surface area contributed by atoms with Crippen molar-refractivity contribution in [1.82, 2.24) is 0 Å². The van der Waals surface area contributed by atoms with Crippen LogP contribution in [0.3, 0.4) is 0 Å². The van der Waals surface area contributed by atoms with Gasteiger partial charge in [0.2, 0.25) is 0 Å². The number of halogens is 4. The van der Waals surface area contributed by atoms with E-state index in [1.807, 2.05) is 0 Å². The molecule has 0 aliphatic heterocycles. The zero-order valence-corrected chi connectivity index (χ0v) is 10.2. The molecule has 0 amide bonds. The molecular formula is C9H8BF3IO2-. The van der Waals surface area contributed by atoms with Crippen molar-refractivity contribution in [3.63, 3.8) is 0 Å². The van der Waals surface area contributed by atoms with Gasteiger partial charge in [-0.2, -0.15) is 0 Å². The standard InChI is InChI=1S/C9H8BF3IO2/c10-14-6-1-3-7(4-2-6)16-5-8(15)9(11,12)13/h1-4,8,15H,5H2/q-1. The Bertz CT molecular complexity index is 329. The van der Waals surface area contributed by atoms with Crippen molar-refractivity contribution in [2.45, 2.75) is 12.3 Å². The van der Waals surface area contributed by atoms with Crippen LogP contribution < -0.4 is 25.7 Å². The predicted molar refractivity (Wildman–Crippen MR) is 48.4 cm³/mol. The van der Waals surface area contributed by atoms with Gasteiger partial charge >= 0.3 is 102 Å². The van der Waals surface area contributed by atoms with Gasteiger partial charge < -0.3 is 0 Å². The van der Waals surface area contributed by atoms with Crippen LogP contribution in [0.4, 0.5) is 13.2 Å². The van der Waals surface area contributed by atoms with Gasteiger partial charge in [-0.25, -0.2) is 0 Å². The normalized spacial score (nSPS) is 13.8. The number of ether oxygens (including phenoxy) is 1. The van der Waals surface area contributed by atoms with Gasteiger partial charge in [0.25, 0.3) is 0 Å². The van der Waals surface area contributed by atoms with Crippen LogP contribution in [-0.4, -0.2) is 29.7 Å². The van der Waals surface area contributed by atoms with Gasteiger partial charge in [0.05, 0.1) is 0 Å². The van der Waals surface area contributed by atoms with E-state index in [-0.39, 0.29) is 5.75 Å². The third kappa shape index (κ3) is 4.21. The fourth-order valence-electron chi connectivity index (χ4n) is 0.873. The molecule has 1 aromatic carbocycles. The van der Waals surface area contributed by atoms with Crippen LogP contribution in [-0.2, 0) is 0 Å². The number of aliphatic hydroxyl groups is 1. The summed E-state index contributed by atoms with van der Waals surface area (Å²) in [6.45, 7) is -0.805. The van der Waals surface area contributed by atoms with Gasteiger partial charge in [-0.1, -0.05) is 0 Å². The molecule has 88 valence electrons. The van der Waals surface area contributed by atoms with E-state index < -0.39 is 39.9 Å². The Morgan fingerprint density at radius 1 is 1.31 bits per heavy atom. The van der Waals surface area contributed by atoms with Crippen molar-refractivity contribution in [2.75, 3.05) is 6.61 Å². The summed E-state index contributed by atoms with van der Waals surface area (Å²) < 4.78 is 41.5. The van der Waals surface area contributed by atoms with Crippen molar-refractivity contribution < 1.29 is 44.0 Å². The quantitative estimate of drug-likeness (QED) is 0.524. The monoisotopic (exact) mass is 343 g/mol. The molecular weight excluding hydrogens is 335 g/mol. The molecule has 0 heterocycles. The number of aliphatic hydroxyl groups excluding tert-OH is 1. The van der Waals surface area contributed by atoms with Gasteiger partial charge in [0.15, 0.2) is 0 Å². The Morgan fingerprint density at radius 2 is 1.88 bits per heavy atom. The summed E-state index contributed by atoms with van der Waals surface area (Å²) in [4.78, 5) is 0. The molecule has 1 N–H and O–H groups in total. The molecule has 0 aliphatic carbocycles. The maximum absolute atomic E-state index is 11.9. The van der Waals surface area contributed by atoms with Crippen LogP contribution in [0.1, 0.15) is 0 Å². The molecule has 2 radical (unpaired) electrons. The molecule has 0 aliphatic rings. The van der Waals surface area contributed by atoms with Crippen LogP contribution in [0.25, 0.3) is 0 Å². The van der Waals surface area contributed by atoms with Crippen molar-refractivity contribution in [2.24, 2.45) is 0 Å². The molecule has 7 heteroatoms. The summed E-state index contributed by atoms with van der Waals surface area (Å²) in [5.41, 5.74) is 5.46. The van der Waals surface area contributed by atoms with Gasteiger partial charge in [-0.05, 0) is 0 Å². The van der Waals surface area contributed by atoms with E-state index in [1.165, 1.54) is 12.1 Å². The van der Waals surface area contributed by atoms with Crippen molar-refractivity contribution in [3.8, 4) is 5.75 Å². The second kappa shape index (κ2) is 5.76. The molecule has 1 unspecified atom stereocenters. The predicted octanol–water partition coefficient (Wildman–Crippen LogP) is -1.67. The molecule has 16 heavy (non-hydrogen) atoms. The molecule has 0 spiro atoms. The summed E-state index contributed by atoms with van der Waals surface area (Å²) in [6.07, 6.45) is -7.11. The van der Waals surface area contributed by atoms with E-state index in [9.17, 15) is 13.2 Å². The van der Waals surface area contributed by atoms with Gasteiger partial charge in [-0.3, -0.25) is 0 Å². The first-order valence-electron chi connectivity index (χ1n) is 4.24. The molecule has 0 aromatic heterocycles. The van der Waals surface area contributed by atoms with Crippen molar-refractivity contribution in [3.05, 3.63) is 27.8 Å². The molecule has 0 fully saturated rings.